The summed E-state index contributed by atoms with van der Waals surface area (Å²) in [6, 6.07) is 4.56. The molecule has 0 bridgehead atoms. The molecule has 2 rings (SSSR count). The van der Waals surface area contributed by atoms with Crippen LogP contribution in [0.3, 0.4) is 0 Å². The molecule has 0 aliphatic carbocycles. The number of ether oxygens (including phenoxy) is 1. The molecule has 1 aliphatic rings. The van der Waals surface area contributed by atoms with Crippen LogP contribution >= 0.6 is 11.6 Å². The van der Waals surface area contributed by atoms with E-state index in [1.807, 2.05) is 0 Å². The Morgan fingerprint density at radius 3 is 2.65 bits per heavy atom. The van der Waals surface area contributed by atoms with Crippen LogP contribution in [0.5, 0.6) is 5.75 Å². The normalized spacial score (nSPS) is 20.6. The van der Waals surface area contributed by atoms with E-state index >= 15 is 0 Å². The highest BCUT2D eigenvalue weighted by Crippen LogP contribution is 2.33. The van der Waals surface area contributed by atoms with Crippen molar-refractivity contribution in [2.45, 2.75) is 25.2 Å². The zero-order valence-electron chi connectivity index (χ0n) is 8.85. The molecule has 1 aromatic rings. The second-order valence-electron chi connectivity index (χ2n) is 3.89. The molecule has 1 aromatic carbocycles. The summed E-state index contributed by atoms with van der Waals surface area (Å²) in [6.07, 6.45) is -2.68. The highest BCUT2D eigenvalue weighted by Gasteiger charge is 2.32. The van der Waals surface area contributed by atoms with Crippen LogP contribution in [-0.2, 0) is 0 Å². The summed E-state index contributed by atoms with van der Waals surface area (Å²) in [5, 5.41) is 3.23. The Kier molecular flexibility index (Phi) is 3.49. The molecule has 1 atom stereocenters. The van der Waals surface area contributed by atoms with E-state index in [1.165, 1.54) is 12.1 Å². The van der Waals surface area contributed by atoms with Crippen molar-refractivity contribution in [3.05, 3.63) is 28.8 Å². The van der Waals surface area contributed by atoms with Crippen LogP contribution < -0.4 is 10.1 Å². The van der Waals surface area contributed by atoms with Gasteiger partial charge in [-0.05, 0) is 37.1 Å². The summed E-state index contributed by atoms with van der Waals surface area (Å²) >= 11 is 5.76. The third-order valence-electron chi connectivity index (χ3n) is 2.64. The Hall–Kier alpha value is -0.940. The first-order valence-corrected chi connectivity index (χ1v) is 5.62. The quantitative estimate of drug-likeness (QED) is 0.881. The van der Waals surface area contributed by atoms with Gasteiger partial charge in [-0.1, -0.05) is 17.7 Å². The van der Waals surface area contributed by atoms with Gasteiger partial charge in [0.25, 0.3) is 0 Å². The Labute approximate surface area is 102 Å². The number of rotatable bonds is 2. The predicted octanol–water partition coefficient (Wildman–Crippen LogP) is 3.66. The molecular formula is C11H11ClF3NO. The van der Waals surface area contributed by atoms with Gasteiger partial charge in [-0.3, -0.25) is 0 Å². The van der Waals surface area contributed by atoms with E-state index in [0.717, 1.165) is 24.9 Å². The molecule has 0 aromatic heterocycles. The Morgan fingerprint density at radius 1 is 1.35 bits per heavy atom. The molecule has 1 unspecified atom stereocenters. The lowest BCUT2D eigenvalue weighted by Gasteiger charge is -2.14. The average molecular weight is 266 g/mol. The van der Waals surface area contributed by atoms with Crippen LogP contribution in [0, 0.1) is 0 Å². The number of hydrogen-bond donors (Lipinski definition) is 1. The van der Waals surface area contributed by atoms with E-state index in [-0.39, 0.29) is 16.8 Å². The van der Waals surface area contributed by atoms with Gasteiger partial charge in [0.15, 0.2) is 0 Å². The van der Waals surface area contributed by atoms with Gasteiger partial charge in [0.05, 0.1) is 5.02 Å². The molecular weight excluding hydrogens is 255 g/mol. The third-order valence-corrected chi connectivity index (χ3v) is 2.94. The summed E-state index contributed by atoms with van der Waals surface area (Å²) in [6.45, 7) is 0.920. The first kappa shape index (κ1) is 12.5. The fraction of sp³-hybridized carbons (Fsp3) is 0.455. The predicted molar refractivity (Wildman–Crippen MR) is 58.1 cm³/mol. The van der Waals surface area contributed by atoms with Crippen molar-refractivity contribution in [2.75, 3.05) is 6.54 Å². The summed E-state index contributed by atoms with van der Waals surface area (Å²) in [7, 11) is 0. The molecule has 1 N–H and O–H groups in total. The fourth-order valence-corrected chi connectivity index (χ4v) is 2.14. The van der Waals surface area contributed by atoms with Crippen molar-refractivity contribution < 1.29 is 17.9 Å². The molecule has 0 saturated carbocycles. The lowest BCUT2D eigenvalue weighted by molar-refractivity contribution is -0.274. The van der Waals surface area contributed by atoms with Gasteiger partial charge in [-0.25, -0.2) is 0 Å². The van der Waals surface area contributed by atoms with Gasteiger partial charge in [-0.2, -0.15) is 0 Å². The van der Waals surface area contributed by atoms with E-state index in [4.69, 9.17) is 11.6 Å². The van der Waals surface area contributed by atoms with Crippen LogP contribution in [0.4, 0.5) is 13.2 Å². The zero-order chi connectivity index (χ0) is 12.5. The van der Waals surface area contributed by atoms with E-state index in [0.29, 0.717) is 0 Å². The van der Waals surface area contributed by atoms with Crippen LogP contribution in [0.2, 0.25) is 5.02 Å². The number of benzene rings is 1. The summed E-state index contributed by atoms with van der Waals surface area (Å²) in [5.41, 5.74) is 0.891. The smallest absolute Gasteiger partial charge is 0.404 e. The summed E-state index contributed by atoms with van der Waals surface area (Å²) in [5.74, 6) is -0.360. The van der Waals surface area contributed by atoms with E-state index in [9.17, 15) is 13.2 Å². The van der Waals surface area contributed by atoms with Crippen molar-refractivity contribution in [1.82, 2.24) is 5.32 Å². The molecule has 2 nitrogen and oxygen atoms in total. The second kappa shape index (κ2) is 4.74. The minimum absolute atomic E-state index is 0.0199. The maximum atomic E-state index is 12.0. The minimum atomic E-state index is -4.71. The molecule has 94 valence electrons. The maximum absolute atomic E-state index is 12.0. The molecule has 0 radical (unpaired) electrons. The van der Waals surface area contributed by atoms with Crippen molar-refractivity contribution >= 4 is 11.6 Å². The zero-order valence-corrected chi connectivity index (χ0v) is 9.61. The van der Waals surface area contributed by atoms with Gasteiger partial charge < -0.3 is 10.1 Å². The molecule has 1 heterocycles. The van der Waals surface area contributed by atoms with Crippen molar-refractivity contribution in [3.63, 3.8) is 0 Å². The Balaban J connectivity index is 2.16. The number of alkyl halides is 3. The third kappa shape index (κ3) is 3.26. The number of hydrogen-bond acceptors (Lipinski definition) is 2. The van der Waals surface area contributed by atoms with Crippen molar-refractivity contribution in [2.24, 2.45) is 0 Å². The number of nitrogens with one attached hydrogen (secondary N) is 1. The molecule has 1 fully saturated rings. The fourth-order valence-electron chi connectivity index (χ4n) is 1.91. The SMILES string of the molecule is FC(F)(F)Oc1ccc(C2CCCN2)cc1Cl. The van der Waals surface area contributed by atoms with Crippen molar-refractivity contribution in [1.29, 1.82) is 0 Å². The second-order valence-corrected chi connectivity index (χ2v) is 4.29. The monoisotopic (exact) mass is 265 g/mol. The van der Waals surface area contributed by atoms with Gasteiger partial charge in [0.1, 0.15) is 5.75 Å². The lowest BCUT2D eigenvalue weighted by Crippen LogP contribution is -2.18. The molecule has 0 spiro atoms. The first-order chi connectivity index (χ1) is 7.96. The maximum Gasteiger partial charge on any atom is 0.573 e. The van der Waals surface area contributed by atoms with Gasteiger partial charge in [0, 0.05) is 6.04 Å². The van der Waals surface area contributed by atoms with Crippen LogP contribution in [0.1, 0.15) is 24.4 Å². The van der Waals surface area contributed by atoms with Gasteiger partial charge >= 0.3 is 6.36 Å². The van der Waals surface area contributed by atoms with Crippen LogP contribution in [0.25, 0.3) is 0 Å². The summed E-state index contributed by atoms with van der Waals surface area (Å²) < 4.78 is 39.9. The van der Waals surface area contributed by atoms with E-state index in [2.05, 4.69) is 10.1 Å². The molecule has 0 amide bonds. The molecule has 1 aliphatic heterocycles. The standard InChI is InChI=1S/C11H11ClF3NO/c12-8-6-7(9-2-1-5-16-9)3-4-10(8)17-11(13,14)15/h3-4,6,9,16H,1-2,5H2. The highest BCUT2D eigenvalue weighted by molar-refractivity contribution is 6.32. The minimum Gasteiger partial charge on any atom is -0.404 e. The van der Waals surface area contributed by atoms with Crippen molar-refractivity contribution in [3.8, 4) is 5.75 Å². The van der Waals surface area contributed by atoms with E-state index in [1.54, 1.807) is 6.07 Å². The van der Waals surface area contributed by atoms with Gasteiger partial charge in [-0.15, -0.1) is 13.2 Å². The Bertz CT molecular complexity index is 402. The topological polar surface area (TPSA) is 21.3 Å². The average Bonchev–Trinajstić information content (AvgIpc) is 2.72. The largest absolute Gasteiger partial charge is 0.573 e. The molecule has 6 heteroatoms. The first-order valence-electron chi connectivity index (χ1n) is 5.24. The highest BCUT2D eigenvalue weighted by atomic mass is 35.5. The lowest BCUT2D eigenvalue weighted by atomic mass is 10.1. The van der Waals surface area contributed by atoms with Crippen LogP contribution in [0.15, 0.2) is 18.2 Å². The summed E-state index contributed by atoms with van der Waals surface area (Å²) in [4.78, 5) is 0. The number of halogens is 4. The Morgan fingerprint density at radius 2 is 2.12 bits per heavy atom. The van der Waals surface area contributed by atoms with Gasteiger partial charge in [0.2, 0.25) is 0 Å². The van der Waals surface area contributed by atoms with Crippen LogP contribution in [-0.4, -0.2) is 12.9 Å². The molecule has 1 saturated heterocycles. The molecule has 17 heavy (non-hydrogen) atoms. The van der Waals surface area contributed by atoms with E-state index < -0.39 is 6.36 Å².